The molecule has 15 nitrogen and oxygen atoms in total. The minimum absolute atomic E-state index is 0.136. The van der Waals surface area contributed by atoms with Gasteiger partial charge in [0.05, 0.1) is 36.8 Å². The molecule has 3 aromatic heterocycles. The standard InChI is InChI=1S/C37H41N3O12/c41-17-21-14-27(30(44)32(46)29(21)43)50-22-10-8-20(9-11-22)26-16-40-35(24(38-26)13-19-5-2-1-3-6-19)39-25(15-23-7-4-12-49-23)36(40)52-37-34(48)33(47)31(45)28(18-42)51-37/h1-12,16,21,27-34,37,41-48H,13-15,17-18H2. The molecule has 1 aliphatic heterocycles. The quantitative estimate of drug-likeness (QED) is 0.0911. The summed E-state index contributed by atoms with van der Waals surface area (Å²) in [5, 5.41) is 82.2. The lowest BCUT2D eigenvalue weighted by Gasteiger charge is -2.39. The van der Waals surface area contributed by atoms with Gasteiger partial charge in [-0.3, -0.25) is 4.40 Å². The predicted octanol–water partition coefficient (Wildman–Crippen LogP) is 0.192. The van der Waals surface area contributed by atoms with Crippen LogP contribution in [0.1, 0.15) is 29.1 Å². The van der Waals surface area contributed by atoms with Crippen molar-refractivity contribution in [2.24, 2.45) is 5.92 Å². The van der Waals surface area contributed by atoms with E-state index < -0.39 is 67.6 Å². The van der Waals surface area contributed by atoms with Crippen molar-refractivity contribution < 1.29 is 59.5 Å². The molecule has 10 atom stereocenters. The van der Waals surface area contributed by atoms with Gasteiger partial charge in [-0.25, -0.2) is 9.97 Å². The molecule has 1 aliphatic carbocycles. The third kappa shape index (κ3) is 7.15. The van der Waals surface area contributed by atoms with Gasteiger partial charge in [0.25, 0.3) is 0 Å². The van der Waals surface area contributed by atoms with Crippen LogP contribution in [0.5, 0.6) is 11.6 Å². The predicted molar refractivity (Wildman–Crippen MR) is 181 cm³/mol. The van der Waals surface area contributed by atoms with E-state index in [0.717, 1.165) is 5.56 Å². The van der Waals surface area contributed by atoms with Gasteiger partial charge >= 0.3 is 0 Å². The number of furan rings is 1. The minimum atomic E-state index is -1.67. The Bertz CT molecular complexity index is 1920. The van der Waals surface area contributed by atoms with Gasteiger partial charge in [0.1, 0.15) is 59.9 Å². The molecule has 8 N–H and O–H groups in total. The van der Waals surface area contributed by atoms with Crippen molar-refractivity contribution in [3.05, 3.63) is 102 Å². The molecule has 0 amide bonds. The minimum Gasteiger partial charge on any atom is -0.488 e. The number of hydrogen-bond donors (Lipinski definition) is 8. The number of benzene rings is 2. The van der Waals surface area contributed by atoms with Crippen molar-refractivity contribution in [2.75, 3.05) is 13.2 Å². The number of ether oxygens (including phenoxy) is 3. The summed E-state index contributed by atoms with van der Waals surface area (Å²) < 4.78 is 25.2. The van der Waals surface area contributed by atoms with Crippen LogP contribution in [-0.2, 0) is 17.6 Å². The van der Waals surface area contributed by atoms with E-state index in [-0.39, 0.29) is 25.3 Å². The zero-order valence-electron chi connectivity index (χ0n) is 27.9. The Hall–Kier alpha value is -4.42. The van der Waals surface area contributed by atoms with E-state index in [4.69, 9.17) is 28.6 Å². The molecule has 7 rings (SSSR count). The largest absolute Gasteiger partial charge is 0.488 e. The highest BCUT2D eigenvalue weighted by Crippen LogP contribution is 2.34. The number of imidazole rings is 1. The maximum Gasteiger partial charge on any atom is 0.231 e. The van der Waals surface area contributed by atoms with E-state index in [1.54, 1.807) is 47.0 Å². The lowest BCUT2D eigenvalue weighted by atomic mass is 9.81. The third-order valence-electron chi connectivity index (χ3n) is 9.68. The number of aromatic nitrogens is 3. The van der Waals surface area contributed by atoms with Gasteiger partial charge < -0.3 is 59.5 Å². The molecular weight excluding hydrogens is 678 g/mol. The van der Waals surface area contributed by atoms with Gasteiger partial charge in [-0.05, 0) is 48.4 Å². The first-order chi connectivity index (χ1) is 25.1. The summed E-state index contributed by atoms with van der Waals surface area (Å²) >= 11 is 0. The van der Waals surface area contributed by atoms with Crippen LogP contribution in [0.15, 0.2) is 83.6 Å². The highest BCUT2D eigenvalue weighted by Gasteiger charge is 2.46. The molecule has 0 bridgehead atoms. The Balaban J connectivity index is 1.28. The highest BCUT2D eigenvalue weighted by molar-refractivity contribution is 5.64. The average molecular weight is 720 g/mol. The van der Waals surface area contributed by atoms with E-state index in [1.807, 2.05) is 30.3 Å². The van der Waals surface area contributed by atoms with Crippen LogP contribution < -0.4 is 9.47 Å². The summed E-state index contributed by atoms with van der Waals surface area (Å²) in [7, 11) is 0. The number of aliphatic hydroxyl groups is 8. The fraction of sp³-hybridized carbons (Fsp3) is 0.405. The fourth-order valence-corrected chi connectivity index (χ4v) is 6.73. The number of hydrogen-bond acceptors (Lipinski definition) is 14. The van der Waals surface area contributed by atoms with Crippen LogP contribution >= 0.6 is 0 Å². The summed E-state index contributed by atoms with van der Waals surface area (Å²) in [6.07, 6.45) is -8.62. The average Bonchev–Trinajstić information content (AvgIpc) is 3.80. The zero-order chi connectivity index (χ0) is 36.5. The highest BCUT2D eigenvalue weighted by atomic mass is 16.7. The van der Waals surface area contributed by atoms with E-state index in [9.17, 15) is 40.9 Å². The SMILES string of the molecule is OCC1CC(Oc2ccc(-c3cn4c(OC5OC(CO)C(O)C(O)C5O)c(Cc5ccco5)nc4c(Cc4ccccc4)n3)cc2)C(O)C(O)C1O. The molecule has 4 heterocycles. The molecule has 0 radical (unpaired) electrons. The van der Waals surface area contributed by atoms with Crippen molar-refractivity contribution in [3.63, 3.8) is 0 Å². The molecule has 2 aromatic carbocycles. The summed E-state index contributed by atoms with van der Waals surface area (Å²) in [6.45, 7) is -1.00. The number of nitrogens with zero attached hydrogens (tertiary/aromatic N) is 3. The van der Waals surface area contributed by atoms with Crippen molar-refractivity contribution >= 4 is 5.65 Å². The molecule has 1 saturated carbocycles. The topological polar surface area (TPSA) is 233 Å². The Morgan fingerprint density at radius 2 is 1.46 bits per heavy atom. The molecule has 276 valence electrons. The lowest BCUT2D eigenvalue weighted by molar-refractivity contribution is -0.278. The summed E-state index contributed by atoms with van der Waals surface area (Å²) in [5.41, 5.74) is 3.56. The first kappa shape index (κ1) is 36.0. The second-order valence-corrected chi connectivity index (χ2v) is 13.2. The van der Waals surface area contributed by atoms with E-state index in [1.165, 1.54) is 6.26 Å². The van der Waals surface area contributed by atoms with Crippen molar-refractivity contribution in [3.8, 4) is 22.9 Å². The molecule has 15 heteroatoms. The first-order valence-corrected chi connectivity index (χ1v) is 17.0. The van der Waals surface area contributed by atoms with Gasteiger partial charge in [0, 0.05) is 30.7 Å². The van der Waals surface area contributed by atoms with Crippen LogP contribution in [0.2, 0.25) is 0 Å². The van der Waals surface area contributed by atoms with E-state index >= 15 is 0 Å². The summed E-state index contributed by atoms with van der Waals surface area (Å²) in [6, 6.07) is 20.1. The summed E-state index contributed by atoms with van der Waals surface area (Å²) in [5.74, 6) is 0.451. The van der Waals surface area contributed by atoms with Gasteiger partial charge in [0.2, 0.25) is 12.2 Å². The summed E-state index contributed by atoms with van der Waals surface area (Å²) in [4.78, 5) is 9.92. The smallest absolute Gasteiger partial charge is 0.231 e. The molecule has 1 saturated heterocycles. The van der Waals surface area contributed by atoms with Crippen LogP contribution in [-0.4, -0.2) is 124 Å². The second kappa shape index (κ2) is 15.3. The van der Waals surface area contributed by atoms with Gasteiger partial charge in [0.15, 0.2) is 5.65 Å². The van der Waals surface area contributed by atoms with Crippen molar-refractivity contribution in [1.29, 1.82) is 0 Å². The van der Waals surface area contributed by atoms with Gasteiger partial charge in [-0.2, -0.15) is 0 Å². The maximum atomic E-state index is 10.9. The van der Waals surface area contributed by atoms with E-state index in [2.05, 4.69) is 0 Å². The third-order valence-corrected chi connectivity index (χ3v) is 9.68. The number of rotatable bonds is 11. The first-order valence-electron chi connectivity index (χ1n) is 17.0. The lowest BCUT2D eigenvalue weighted by Crippen LogP contribution is -2.60. The molecule has 2 fully saturated rings. The van der Waals surface area contributed by atoms with E-state index in [0.29, 0.717) is 46.2 Å². The van der Waals surface area contributed by atoms with Crippen molar-refractivity contribution in [1.82, 2.24) is 14.4 Å². The number of aliphatic hydroxyl groups excluding tert-OH is 8. The fourth-order valence-electron chi connectivity index (χ4n) is 6.73. The van der Waals surface area contributed by atoms with Crippen LogP contribution in [0.3, 0.4) is 0 Å². The number of fused-ring (bicyclic) bond motifs is 1. The molecular formula is C37H41N3O12. The zero-order valence-corrected chi connectivity index (χ0v) is 27.9. The Labute approximate surface area is 297 Å². The van der Waals surface area contributed by atoms with Crippen LogP contribution in [0, 0.1) is 5.92 Å². The molecule has 52 heavy (non-hydrogen) atoms. The van der Waals surface area contributed by atoms with Crippen LogP contribution in [0.4, 0.5) is 0 Å². The second-order valence-electron chi connectivity index (χ2n) is 13.2. The van der Waals surface area contributed by atoms with Gasteiger partial charge in [-0.1, -0.05) is 30.3 Å². The normalized spacial score (nSPS) is 29.3. The Kier molecular flexibility index (Phi) is 10.6. The molecule has 2 aliphatic rings. The Morgan fingerprint density at radius 3 is 2.15 bits per heavy atom. The molecule has 0 spiro atoms. The van der Waals surface area contributed by atoms with Crippen LogP contribution in [0.25, 0.3) is 16.9 Å². The Morgan fingerprint density at radius 1 is 0.712 bits per heavy atom. The molecule has 10 unspecified atom stereocenters. The van der Waals surface area contributed by atoms with Gasteiger partial charge in [-0.15, -0.1) is 0 Å². The van der Waals surface area contributed by atoms with Crippen molar-refractivity contribution in [2.45, 2.75) is 74.4 Å². The monoisotopic (exact) mass is 719 g/mol. The maximum absolute atomic E-state index is 10.9. The molecule has 5 aromatic rings.